The minimum absolute atomic E-state index is 0.0326. The van der Waals surface area contributed by atoms with E-state index < -0.39 is 26.5 Å². The van der Waals surface area contributed by atoms with Gasteiger partial charge in [-0.25, -0.2) is 4.57 Å². The maximum atomic E-state index is 12.8. The second-order valence-corrected chi connectivity index (χ2v) is 20.4. The van der Waals surface area contributed by atoms with Crippen LogP contribution in [0, 0.1) is 0 Å². The van der Waals surface area contributed by atoms with E-state index in [1.165, 1.54) is 161 Å². The van der Waals surface area contributed by atoms with Crippen molar-refractivity contribution in [3.63, 3.8) is 0 Å². The third-order valence-corrected chi connectivity index (χ3v) is 12.5. The van der Waals surface area contributed by atoms with Crippen molar-refractivity contribution >= 4 is 19.8 Å². The summed E-state index contributed by atoms with van der Waals surface area (Å²) in [7, 11) is 1.48. The Morgan fingerprint density at radius 2 is 0.871 bits per heavy atom. The van der Waals surface area contributed by atoms with Crippen LogP contribution in [0.25, 0.3) is 0 Å². The van der Waals surface area contributed by atoms with Crippen LogP contribution >= 0.6 is 7.82 Å². The average molecular weight is 899 g/mol. The largest absolute Gasteiger partial charge is 0.472 e. The molecule has 2 atom stereocenters. The number of nitrogens with zero attached hydrogens (tertiary/aromatic N) is 1. The summed E-state index contributed by atoms with van der Waals surface area (Å²) >= 11 is 0. The molecule has 0 aliphatic rings. The number of carbonyl (C=O) groups is 2. The van der Waals surface area contributed by atoms with Crippen molar-refractivity contribution in [3.8, 4) is 0 Å². The first-order chi connectivity index (χ1) is 30.0. The summed E-state index contributed by atoms with van der Waals surface area (Å²) in [6, 6.07) is 0. The van der Waals surface area contributed by atoms with Crippen molar-refractivity contribution in [2.45, 2.75) is 251 Å². The number of likely N-dealkylation sites (N-methyl/N-ethyl adjacent to an activating group) is 1. The van der Waals surface area contributed by atoms with Gasteiger partial charge in [0.2, 0.25) is 0 Å². The maximum absolute atomic E-state index is 12.8. The fourth-order valence-electron chi connectivity index (χ4n) is 7.40. The number of hydrogen-bond donors (Lipinski definition) is 1. The number of carbonyl (C=O) groups excluding carboxylic acids is 2. The van der Waals surface area contributed by atoms with Gasteiger partial charge in [-0.1, -0.05) is 212 Å². The van der Waals surface area contributed by atoms with Crippen molar-refractivity contribution in [2.75, 3.05) is 47.5 Å². The summed E-state index contributed by atoms with van der Waals surface area (Å²) in [5.41, 5.74) is 0. The molecular weight excluding hydrogens is 798 g/mol. The number of hydrogen-bond acceptors (Lipinski definition) is 7. The third kappa shape index (κ3) is 48.0. The highest BCUT2D eigenvalue weighted by Gasteiger charge is 2.27. The van der Waals surface area contributed by atoms with E-state index in [0.717, 1.165) is 51.4 Å². The fourth-order valence-corrected chi connectivity index (χ4v) is 8.14. The highest BCUT2D eigenvalue weighted by molar-refractivity contribution is 7.47. The first-order valence-electron chi connectivity index (χ1n) is 26.1. The van der Waals surface area contributed by atoms with E-state index in [9.17, 15) is 19.0 Å². The van der Waals surface area contributed by atoms with Crippen LogP contribution in [0.15, 0.2) is 24.3 Å². The Labute approximate surface area is 383 Å². The smallest absolute Gasteiger partial charge is 0.462 e. The number of rotatable bonds is 48. The predicted molar refractivity (Wildman–Crippen MR) is 261 cm³/mol. The third-order valence-electron chi connectivity index (χ3n) is 11.5. The number of allylic oxidation sites excluding steroid dienone is 4. The minimum atomic E-state index is -4.38. The van der Waals surface area contributed by atoms with Gasteiger partial charge in [0.05, 0.1) is 27.7 Å². The van der Waals surface area contributed by atoms with Crippen LogP contribution in [0.5, 0.6) is 0 Å². The predicted octanol–water partition coefficient (Wildman–Crippen LogP) is 15.5. The summed E-state index contributed by atoms with van der Waals surface area (Å²) in [5.74, 6) is -0.795. The van der Waals surface area contributed by atoms with Crippen LogP contribution in [-0.2, 0) is 32.7 Å². The molecule has 0 aliphatic carbocycles. The lowest BCUT2D eigenvalue weighted by Gasteiger charge is -2.24. The van der Waals surface area contributed by atoms with Crippen LogP contribution in [-0.4, -0.2) is 74.9 Å². The first-order valence-corrected chi connectivity index (χ1v) is 27.6. The summed E-state index contributed by atoms with van der Waals surface area (Å²) in [4.78, 5) is 35.5. The molecular formula is C52H101NO8P+. The Morgan fingerprint density at radius 3 is 1.31 bits per heavy atom. The molecule has 0 aliphatic heterocycles. The lowest BCUT2D eigenvalue weighted by molar-refractivity contribution is -0.870. The second kappa shape index (κ2) is 44.7. The molecule has 0 spiro atoms. The van der Waals surface area contributed by atoms with Crippen molar-refractivity contribution in [1.82, 2.24) is 0 Å². The number of phosphoric acid groups is 1. The van der Waals surface area contributed by atoms with Gasteiger partial charge in [0.25, 0.3) is 0 Å². The molecule has 9 nitrogen and oxygen atoms in total. The average Bonchev–Trinajstić information content (AvgIpc) is 3.23. The molecule has 62 heavy (non-hydrogen) atoms. The molecule has 0 bridgehead atoms. The van der Waals surface area contributed by atoms with Gasteiger partial charge in [0, 0.05) is 12.8 Å². The molecule has 0 saturated heterocycles. The summed E-state index contributed by atoms with van der Waals surface area (Å²) in [6.45, 7) is 4.43. The Kier molecular flexibility index (Phi) is 43.6. The molecule has 0 fully saturated rings. The maximum Gasteiger partial charge on any atom is 0.472 e. The van der Waals surface area contributed by atoms with Crippen LogP contribution < -0.4 is 0 Å². The van der Waals surface area contributed by atoms with E-state index in [1.54, 1.807) is 0 Å². The molecule has 0 amide bonds. The molecule has 366 valence electrons. The summed E-state index contributed by atoms with van der Waals surface area (Å²) < 4.78 is 34.5. The van der Waals surface area contributed by atoms with E-state index in [2.05, 4.69) is 38.2 Å². The van der Waals surface area contributed by atoms with Gasteiger partial charge >= 0.3 is 19.8 Å². The normalized spacial score (nSPS) is 13.6. The summed E-state index contributed by atoms with van der Waals surface area (Å²) in [5, 5.41) is 0. The van der Waals surface area contributed by atoms with Crippen molar-refractivity contribution in [1.29, 1.82) is 0 Å². The Bertz CT molecular complexity index is 1110. The van der Waals surface area contributed by atoms with E-state index in [4.69, 9.17) is 18.5 Å². The molecule has 0 radical (unpaired) electrons. The van der Waals surface area contributed by atoms with Gasteiger partial charge in [0.15, 0.2) is 6.10 Å². The number of quaternary nitrogens is 1. The minimum Gasteiger partial charge on any atom is -0.462 e. The Balaban J connectivity index is 4.22. The van der Waals surface area contributed by atoms with Gasteiger partial charge < -0.3 is 18.9 Å². The zero-order valence-electron chi connectivity index (χ0n) is 41.4. The summed E-state index contributed by atoms with van der Waals surface area (Å²) in [6.07, 6.45) is 50.8. The van der Waals surface area contributed by atoms with E-state index in [1.807, 2.05) is 21.1 Å². The zero-order chi connectivity index (χ0) is 45.7. The van der Waals surface area contributed by atoms with Crippen molar-refractivity contribution in [2.24, 2.45) is 0 Å². The van der Waals surface area contributed by atoms with Gasteiger partial charge in [-0.15, -0.1) is 0 Å². The molecule has 0 aromatic carbocycles. The number of phosphoric ester groups is 1. The SMILES string of the molecule is CCCCC/C=C\C/C=C\CCCCCCCCCC(=O)OC[C@H](COP(=O)(O)OCC[N+](C)(C)C)OC(=O)CCCCCCCCCCCCCCCCCCCCCCC. The number of unbranched alkanes of at least 4 members (excludes halogenated alkanes) is 30. The zero-order valence-corrected chi connectivity index (χ0v) is 42.3. The Morgan fingerprint density at radius 1 is 0.500 bits per heavy atom. The highest BCUT2D eigenvalue weighted by Crippen LogP contribution is 2.43. The standard InChI is InChI=1S/C52H100NO8P/c1-6-8-10-12-14-16-18-20-22-24-25-26-27-29-31-33-35-37-39-41-43-45-52(55)61-50(49-60-62(56,57)59-47-46-53(3,4)5)48-58-51(54)44-42-40-38-36-34-32-30-28-23-21-19-17-15-13-11-9-7-2/h15,17,21,23,50H,6-14,16,18-20,22,24-49H2,1-5H3/p+1/b17-15-,23-21-/t50-/m1/s1. The van der Waals surface area contributed by atoms with Crippen molar-refractivity contribution in [3.05, 3.63) is 24.3 Å². The monoisotopic (exact) mass is 899 g/mol. The van der Waals surface area contributed by atoms with E-state index in [-0.39, 0.29) is 32.0 Å². The molecule has 0 aromatic rings. The molecule has 10 heteroatoms. The number of ether oxygens (including phenoxy) is 2. The number of esters is 2. The molecule has 0 aromatic heterocycles. The molecule has 1 N–H and O–H groups in total. The van der Waals surface area contributed by atoms with Crippen LogP contribution in [0.3, 0.4) is 0 Å². The quantitative estimate of drug-likeness (QED) is 0.0211. The molecule has 1 unspecified atom stereocenters. The van der Waals surface area contributed by atoms with Crippen LogP contribution in [0.2, 0.25) is 0 Å². The van der Waals surface area contributed by atoms with Crippen molar-refractivity contribution < 1.29 is 42.1 Å². The lowest BCUT2D eigenvalue weighted by atomic mass is 10.0. The highest BCUT2D eigenvalue weighted by atomic mass is 31.2. The topological polar surface area (TPSA) is 108 Å². The Hall–Kier alpha value is -1.51. The van der Waals surface area contributed by atoms with Gasteiger partial charge in [0.1, 0.15) is 19.8 Å². The van der Waals surface area contributed by atoms with E-state index in [0.29, 0.717) is 17.4 Å². The van der Waals surface area contributed by atoms with Gasteiger partial charge in [-0.3, -0.25) is 18.6 Å². The van der Waals surface area contributed by atoms with E-state index >= 15 is 0 Å². The van der Waals surface area contributed by atoms with Crippen LogP contribution in [0.4, 0.5) is 0 Å². The van der Waals surface area contributed by atoms with Crippen LogP contribution in [0.1, 0.15) is 245 Å². The molecule has 0 rings (SSSR count). The lowest BCUT2D eigenvalue weighted by Crippen LogP contribution is -2.37. The first kappa shape index (κ1) is 60.5. The second-order valence-electron chi connectivity index (χ2n) is 18.9. The molecule has 0 saturated carbocycles. The fraction of sp³-hybridized carbons (Fsp3) is 0.885. The van der Waals surface area contributed by atoms with Gasteiger partial charge in [-0.05, 0) is 44.9 Å². The van der Waals surface area contributed by atoms with Gasteiger partial charge in [-0.2, -0.15) is 0 Å². The molecule has 0 heterocycles.